The first-order valence-corrected chi connectivity index (χ1v) is 11.2. The van der Waals surface area contributed by atoms with E-state index in [1.807, 2.05) is 36.3 Å². The fourth-order valence-corrected chi connectivity index (χ4v) is 4.15. The van der Waals surface area contributed by atoms with Crippen molar-refractivity contribution in [2.45, 2.75) is 65.1 Å². The molecule has 0 fully saturated rings. The van der Waals surface area contributed by atoms with Crippen molar-refractivity contribution in [3.63, 3.8) is 0 Å². The monoisotopic (exact) mass is 420 g/mol. The average Bonchev–Trinajstić information content (AvgIpc) is 3.25. The Morgan fingerprint density at radius 3 is 2.87 bits per heavy atom. The van der Waals surface area contributed by atoms with Gasteiger partial charge in [-0.05, 0) is 69.0 Å². The quantitative estimate of drug-likeness (QED) is 0.528. The highest BCUT2D eigenvalue weighted by atomic mass is 16.3. The Labute approximate surface area is 183 Å². The maximum absolute atomic E-state index is 10.5. The standard InChI is InChI=1S/C24H32N6O/c1-5-6-21(31)23-20-8-7-19(11-17(20)9-10-25-23)28-24-26-12-16(4)22(29-24)18-13-27-30(14-18)15(2)3/h7-8,11-15,21,23,25,31H,5-6,9-10H2,1-4H3,(H,26,28,29). The molecule has 1 aromatic carbocycles. The number of fused-ring (bicyclic) bond motifs is 1. The van der Waals surface area contributed by atoms with Gasteiger partial charge in [0.25, 0.3) is 0 Å². The summed E-state index contributed by atoms with van der Waals surface area (Å²) in [5.74, 6) is 0.564. The van der Waals surface area contributed by atoms with Crippen LogP contribution in [-0.2, 0) is 6.42 Å². The summed E-state index contributed by atoms with van der Waals surface area (Å²) in [7, 11) is 0. The van der Waals surface area contributed by atoms with Gasteiger partial charge in [-0.3, -0.25) is 4.68 Å². The van der Waals surface area contributed by atoms with Crippen LogP contribution < -0.4 is 10.6 Å². The van der Waals surface area contributed by atoms with Crippen LogP contribution in [0.15, 0.2) is 36.8 Å². The van der Waals surface area contributed by atoms with Gasteiger partial charge in [-0.15, -0.1) is 0 Å². The van der Waals surface area contributed by atoms with Crippen molar-refractivity contribution in [2.24, 2.45) is 0 Å². The molecule has 164 valence electrons. The van der Waals surface area contributed by atoms with Gasteiger partial charge < -0.3 is 15.7 Å². The first kappa shape index (κ1) is 21.5. The van der Waals surface area contributed by atoms with Gasteiger partial charge in [-0.25, -0.2) is 9.97 Å². The molecule has 1 aliphatic rings. The molecule has 3 heterocycles. The normalized spacial score (nSPS) is 16.9. The lowest BCUT2D eigenvalue weighted by atomic mass is 9.89. The summed E-state index contributed by atoms with van der Waals surface area (Å²) >= 11 is 0. The minimum Gasteiger partial charge on any atom is -0.391 e. The summed E-state index contributed by atoms with van der Waals surface area (Å²) in [6.07, 6.45) is 8.06. The molecule has 0 aliphatic carbocycles. The number of rotatable bonds is 7. The molecule has 0 radical (unpaired) electrons. The minimum absolute atomic E-state index is 0.00234. The van der Waals surface area contributed by atoms with Gasteiger partial charge in [-0.1, -0.05) is 19.4 Å². The topological polar surface area (TPSA) is 87.9 Å². The number of nitrogens with zero attached hydrogens (tertiary/aromatic N) is 4. The van der Waals surface area contributed by atoms with E-state index in [-0.39, 0.29) is 12.1 Å². The van der Waals surface area contributed by atoms with Crippen molar-refractivity contribution in [2.75, 3.05) is 11.9 Å². The van der Waals surface area contributed by atoms with Crippen LogP contribution in [0.4, 0.5) is 11.6 Å². The molecule has 2 atom stereocenters. The van der Waals surface area contributed by atoms with Crippen molar-refractivity contribution in [3.05, 3.63) is 53.5 Å². The van der Waals surface area contributed by atoms with Crippen LogP contribution in [0.5, 0.6) is 0 Å². The molecule has 1 aliphatic heterocycles. The molecule has 3 aromatic rings. The fraction of sp³-hybridized carbons (Fsp3) is 0.458. The number of anilines is 2. The SMILES string of the molecule is CCCC(O)C1NCCc2cc(Nc3ncc(C)c(-c4cnn(C(C)C)c4)n3)ccc21. The second-order valence-corrected chi connectivity index (χ2v) is 8.60. The number of aliphatic hydroxyl groups is 1. The Hall–Kier alpha value is -2.77. The van der Waals surface area contributed by atoms with Crippen LogP contribution in [-0.4, -0.2) is 37.5 Å². The molecule has 31 heavy (non-hydrogen) atoms. The lowest BCUT2D eigenvalue weighted by molar-refractivity contribution is 0.114. The van der Waals surface area contributed by atoms with Crippen LogP contribution >= 0.6 is 0 Å². The lowest BCUT2D eigenvalue weighted by Gasteiger charge is -2.31. The lowest BCUT2D eigenvalue weighted by Crippen LogP contribution is -2.37. The Balaban J connectivity index is 1.57. The Morgan fingerprint density at radius 2 is 2.13 bits per heavy atom. The highest BCUT2D eigenvalue weighted by Gasteiger charge is 2.25. The smallest absolute Gasteiger partial charge is 0.227 e. The summed E-state index contributed by atoms with van der Waals surface area (Å²) in [6, 6.07) is 6.60. The second kappa shape index (κ2) is 9.16. The van der Waals surface area contributed by atoms with Crippen molar-refractivity contribution in [3.8, 4) is 11.3 Å². The zero-order valence-corrected chi connectivity index (χ0v) is 18.8. The van der Waals surface area contributed by atoms with Gasteiger partial charge in [0, 0.05) is 29.7 Å². The summed E-state index contributed by atoms with van der Waals surface area (Å²) < 4.78 is 1.94. The number of benzene rings is 1. The molecule has 7 heteroatoms. The van der Waals surface area contributed by atoms with Crippen LogP contribution in [0.25, 0.3) is 11.3 Å². The van der Waals surface area contributed by atoms with Gasteiger partial charge >= 0.3 is 0 Å². The van der Waals surface area contributed by atoms with Crippen LogP contribution in [0.3, 0.4) is 0 Å². The third-order valence-electron chi connectivity index (χ3n) is 5.84. The largest absolute Gasteiger partial charge is 0.391 e. The summed E-state index contributed by atoms with van der Waals surface area (Å²) in [5, 5.41) is 21.8. The van der Waals surface area contributed by atoms with Crippen LogP contribution in [0.1, 0.15) is 62.4 Å². The van der Waals surface area contributed by atoms with Gasteiger partial charge in [0.2, 0.25) is 5.95 Å². The third-order valence-corrected chi connectivity index (χ3v) is 5.84. The third kappa shape index (κ3) is 4.62. The molecule has 3 N–H and O–H groups in total. The highest BCUT2D eigenvalue weighted by Crippen LogP contribution is 2.30. The Bertz CT molecular complexity index is 1040. The molecule has 7 nitrogen and oxygen atoms in total. The van der Waals surface area contributed by atoms with E-state index in [0.29, 0.717) is 12.0 Å². The van der Waals surface area contributed by atoms with E-state index in [4.69, 9.17) is 4.98 Å². The van der Waals surface area contributed by atoms with E-state index < -0.39 is 0 Å². The molecule has 0 saturated carbocycles. The van der Waals surface area contributed by atoms with Crippen LogP contribution in [0, 0.1) is 6.92 Å². The molecule has 0 spiro atoms. The predicted octanol–water partition coefficient (Wildman–Crippen LogP) is 4.32. The van der Waals surface area contributed by atoms with Crippen molar-refractivity contribution in [1.82, 2.24) is 25.1 Å². The number of aromatic nitrogens is 4. The van der Waals surface area contributed by atoms with E-state index in [1.54, 1.807) is 0 Å². The van der Waals surface area contributed by atoms with E-state index in [1.165, 1.54) is 11.1 Å². The number of hydrogen-bond acceptors (Lipinski definition) is 6. The number of nitrogens with one attached hydrogen (secondary N) is 2. The number of aryl methyl sites for hydroxylation is 1. The van der Waals surface area contributed by atoms with Gasteiger partial charge in [0.15, 0.2) is 0 Å². The predicted molar refractivity (Wildman–Crippen MR) is 123 cm³/mol. The molecular formula is C24H32N6O. The van der Waals surface area contributed by atoms with Crippen molar-refractivity contribution < 1.29 is 5.11 Å². The Kier molecular flexibility index (Phi) is 6.34. The van der Waals surface area contributed by atoms with Crippen molar-refractivity contribution in [1.29, 1.82) is 0 Å². The highest BCUT2D eigenvalue weighted by molar-refractivity contribution is 5.64. The summed E-state index contributed by atoms with van der Waals surface area (Å²) in [6.45, 7) is 9.19. The molecule has 0 saturated heterocycles. The van der Waals surface area contributed by atoms with E-state index in [9.17, 15) is 5.11 Å². The molecule has 2 aromatic heterocycles. The molecule has 4 rings (SSSR count). The maximum Gasteiger partial charge on any atom is 0.227 e. The molecular weight excluding hydrogens is 388 g/mol. The number of hydrogen-bond donors (Lipinski definition) is 3. The average molecular weight is 421 g/mol. The van der Waals surface area contributed by atoms with E-state index in [2.05, 4.69) is 53.6 Å². The summed E-state index contributed by atoms with van der Waals surface area (Å²) in [5.41, 5.74) is 6.28. The fourth-order valence-electron chi connectivity index (χ4n) is 4.15. The van der Waals surface area contributed by atoms with Crippen LogP contribution in [0.2, 0.25) is 0 Å². The first-order chi connectivity index (χ1) is 15.0. The molecule has 0 amide bonds. The van der Waals surface area contributed by atoms with Gasteiger partial charge in [0.05, 0.1) is 24.0 Å². The summed E-state index contributed by atoms with van der Waals surface area (Å²) in [4.78, 5) is 9.24. The molecule has 0 bridgehead atoms. The maximum atomic E-state index is 10.5. The van der Waals surface area contributed by atoms with E-state index in [0.717, 1.165) is 48.3 Å². The van der Waals surface area contributed by atoms with Crippen molar-refractivity contribution >= 4 is 11.6 Å². The minimum atomic E-state index is -0.363. The number of aliphatic hydroxyl groups excluding tert-OH is 1. The Morgan fingerprint density at radius 1 is 1.29 bits per heavy atom. The first-order valence-electron chi connectivity index (χ1n) is 11.2. The zero-order chi connectivity index (χ0) is 22.0. The zero-order valence-electron chi connectivity index (χ0n) is 18.8. The van der Waals surface area contributed by atoms with Gasteiger partial charge in [0.1, 0.15) is 0 Å². The van der Waals surface area contributed by atoms with E-state index >= 15 is 0 Å². The molecule has 2 unspecified atom stereocenters. The second-order valence-electron chi connectivity index (χ2n) is 8.60. The van der Waals surface area contributed by atoms with Gasteiger partial charge in [-0.2, -0.15) is 5.10 Å².